The first-order valence-electron chi connectivity index (χ1n) is 37.6. The number of nitrogens with one attached hydrogen (secondary N) is 4. The van der Waals surface area contributed by atoms with Crippen LogP contribution in [0.15, 0.2) is 86.5 Å². The first-order valence-corrected chi connectivity index (χ1v) is 37.6. The number of esters is 1. The van der Waals surface area contributed by atoms with Crippen molar-refractivity contribution in [2.45, 2.75) is 190 Å². The molecule has 5 heterocycles. The van der Waals surface area contributed by atoms with E-state index >= 15 is 4.79 Å². The van der Waals surface area contributed by atoms with Gasteiger partial charge in [-0.1, -0.05) is 92.2 Å². The number of aliphatic hydroxyl groups is 2. The number of methoxy groups -OCH3 is 1. The van der Waals surface area contributed by atoms with E-state index in [-0.39, 0.29) is 146 Å². The molecule has 9 N–H and O–H groups in total. The summed E-state index contributed by atoms with van der Waals surface area (Å²) in [5.41, 5.74) is 5.04. The number of benzene rings is 4. The average molecular weight is 1500 g/mol. The number of aromatic hydroxyl groups is 1. The lowest BCUT2D eigenvalue weighted by atomic mass is 9.73. The van der Waals surface area contributed by atoms with Crippen LogP contribution in [0.2, 0.25) is 0 Å². The number of hydrogen-bond acceptors (Lipinski definition) is 20. The van der Waals surface area contributed by atoms with Crippen LogP contribution in [0.3, 0.4) is 0 Å². The molecule has 7 amide bonds. The van der Waals surface area contributed by atoms with E-state index < -0.39 is 99.8 Å². The number of nitrogens with two attached hydrogens (primary N) is 1. The van der Waals surface area contributed by atoms with Gasteiger partial charge in [0.25, 0.3) is 5.91 Å². The minimum Gasteiger partial charge on any atom is -0.507 e. The zero-order chi connectivity index (χ0) is 79.1. The van der Waals surface area contributed by atoms with Gasteiger partial charge < -0.3 is 75.1 Å². The highest BCUT2D eigenvalue weighted by Gasteiger charge is 2.45. The van der Waals surface area contributed by atoms with E-state index in [1.807, 2.05) is 72.7 Å². The monoisotopic (exact) mass is 1490 g/mol. The summed E-state index contributed by atoms with van der Waals surface area (Å²) in [5.74, 6) is -8.93. The third-order valence-electron chi connectivity index (χ3n) is 22.6. The van der Waals surface area contributed by atoms with Crippen LogP contribution >= 0.6 is 0 Å². The van der Waals surface area contributed by atoms with Crippen LogP contribution in [0.5, 0.6) is 11.5 Å². The number of unbranched alkanes of at least 4 members (excludes halogenated alkanes) is 2. The number of nitrogens with zero attached hydrogens (tertiary/aromatic N) is 4. The first-order chi connectivity index (χ1) is 51.0. The molecule has 9 rings (SSSR count). The number of amides is 7. The van der Waals surface area contributed by atoms with Crippen molar-refractivity contribution >= 4 is 103 Å². The van der Waals surface area contributed by atoms with Gasteiger partial charge in [0.1, 0.15) is 35.4 Å². The molecule has 27 heteroatoms. The van der Waals surface area contributed by atoms with Crippen LogP contribution in [0.4, 0.5) is 21.9 Å². The molecular weight excluding hydrogens is 1390 g/mol. The number of aromatic nitrogens is 1. The molecule has 584 valence electrons. The molecule has 1 unspecified atom stereocenters. The number of allylic oxidation sites excluding steroid dienone is 2. The minimum absolute atomic E-state index is 0.0221. The second kappa shape index (κ2) is 34.7. The number of imide groups is 1. The van der Waals surface area contributed by atoms with Crippen molar-refractivity contribution in [3.8, 4) is 11.5 Å². The second-order valence-electron chi connectivity index (χ2n) is 31.1. The number of urea groups is 1. The number of ether oxygens (including phenoxy) is 4. The summed E-state index contributed by atoms with van der Waals surface area (Å²) in [6.45, 7) is 22.9. The number of phenolic OH excluding ortho intramolecular Hbond substituents is 1. The molecule has 108 heavy (non-hydrogen) atoms. The van der Waals surface area contributed by atoms with Crippen molar-refractivity contribution in [2.24, 2.45) is 53.1 Å². The van der Waals surface area contributed by atoms with Crippen LogP contribution in [0, 0.1) is 54.3 Å². The number of quaternary nitrogens is 1. The van der Waals surface area contributed by atoms with E-state index in [9.17, 15) is 58.5 Å². The Morgan fingerprint density at radius 3 is 2.21 bits per heavy atom. The Labute approximate surface area is 629 Å². The highest BCUT2D eigenvalue weighted by Crippen LogP contribution is 2.43. The average Bonchev–Trinajstić information content (AvgIpc) is 1.50. The lowest BCUT2D eigenvalue weighted by molar-refractivity contribution is -0.928. The number of phenols is 1. The number of hydrogen-bond donors (Lipinski definition) is 8. The Hall–Kier alpha value is -9.73. The van der Waals surface area contributed by atoms with E-state index in [1.165, 1.54) is 58.1 Å². The third kappa shape index (κ3) is 18.3. The number of carbonyl (C=O) groups excluding carboxylic acids is 8. The van der Waals surface area contributed by atoms with E-state index in [2.05, 4.69) is 40.3 Å². The normalized spacial score (nSPS) is 25.0. The number of primary amides is 1. The SMILES string of the molecule is CO[C@H]1/C=C/O[C@@]2(C)Oc3c(C)c(O)c4c(=O)c(c5oc6cc(N7CCC([N+](C)(C)Cc8ccc(NC(=O)[C@H](CCCNC(N)=O)CC(=O)[C@@H](NC(=O)CCCCCN9C(=O)CC(C)C9=O)C(C)C)cc8)CC7)cc(=O)c6nc5c4c3=C2O)NC(=O)/C(C)=C\C=C\[C@H](C)[C@H](O)[C@@H](C)[C@@H](C)[C@@H](C)[C@H](OC(C)=O)[C@@H]1C. The van der Waals surface area contributed by atoms with Crippen molar-refractivity contribution in [3.63, 3.8) is 0 Å². The van der Waals surface area contributed by atoms with Crippen LogP contribution in [0.1, 0.15) is 151 Å². The summed E-state index contributed by atoms with van der Waals surface area (Å²) >= 11 is 0. The van der Waals surface area contributed by atoms with Gasteiger partial charge in [0.15, 0.2) is 28.2 Å². The topological polar surface area (TPSA) is 375 Å². The van der Waals surface area contributed by atoms with Gasteiger partial charge in [0.05, 0.1) is 55.3 Å². The number of piperidine rings is 1. The zero-order valence-corrected chi connectivity index (χ0v) is 64.8. The first kappa shape index (κ1) is 82.3. The molecule has 0 saturated carbocycles. The highest BCUT2D eigenvalue weighted by atomic mass is 16.7. The molecule has 4 aliphatic heterocycles. The number of likely N-dealkylation sites (tertiary alicyclic amines) is 1. The van der Waals surface area contributed by atoms with Crippen LogP contribution in [-0.2, 0) is 54.3 Å². The molecule has 4 aliphatic rings. The van der Waals surface area contributed by atoms with Crippen LogP contribution in [-0.4, -0.2) is 161 Å². The fraction of sp³-hybridized carbons (Fsp3) is 0.543. The fourth-order valence-corrected chi connectivity index (χ4v) is 15.6. The smallest absolute Gasteiger partial charge is 0.312 e. The van der Waals surface area contributed by atoms with E-state index in [4.69, 9.17) is 34.1 Å². The van der Waals surface area contributed by atoms with Gasteiger partial charge in [0.2, 0.25) is 34.5 Å². The molecular formula is C81H108N9O18+. The zero-order valence-electron chi connectivity index (χ0n) is 64.8. The molecule has 0 radical (unpaired) electrons. The predicted molar refractivity (Wildman–Crippen MR) is 410 cm³/mol. The largest absolute Gasteiger partial charge is 0.507 e. The third-order valence-corrected chi connectivity index (χ3v) is 22.6. The molecule has 4 bridgehead atoms. The van der Waals surface area contributed by atoms with Gasteiger partial charge in [-0.2, -0.15) is 0 Å². The summed E-state index contributed by atoms with van der Waals surface area (Å²) in [7, 11) is 5.78. The summed E-state index contributed by atoms with van der Waals surface area (Å²) in [6.07, 6.45) is 9.32. The van der Waals surface area contributed by atoms with Gasteiger partial charge in [-0.05, 0) is 81.4 Å². The number of ketones is 1. The Balaban J connectivity index is 0.936. The maximum Gasteiger partial charge on any atom is 0.312 e. The summed E-state index contributed by atoms with van der Waals surface area (Å²) in [5, 5.41) is 46.9. The molecule has 12 atom stereocenters. The van der Waals surface area contributed by atoms with Crippen LogP contribution < -0.4 is 52.7 Å². The summed E-state index contributed by atoms with van der Waals surface area (Å²) < 4.78 is 31.8. The lowest BCUT2D eigenvalue weighted by Gasteiger charge is -2.43. The predicted octanol–water partition coefficient (Wildman–Crippen LogP) is 9.14. The molecule has 2 fully saturated rings. The second-order valence-corrected chi connectivity index (χ2v) is 31.1. The molecule has 5 aromatic rings. The van der Waals surface area contributed by atoms with Gasteiger partial charge >= 0.3 is 17.8 Å². The maximum atomic E-state index is 15.3. The van der Waals surface area contributed by atoms with Gasteiger partial charge in [-0.15, -0.1) is 0 Å². The molecule has 27 nitrogen and oxygen atoms in total. The number of anilines is 3. The molecule has 4 aromatic carbocycles. The fourth-order valence-electron chi connectivity index (χ4n) is 15.6. The van der Waals surface area contributed by atoms with Crippen molar-refractivity contribution in [3.05, 3.63) is 109 Å². The molecule has 0 aliphatic carbocycles. The van der Waals surface area contributed by atoms with Crippen molar-refractivity contribution in [1.82, 2.24) is 20.5 Å². The van der Waals surface area contributed by atoms with Crippen molar-refractivity contribution in [2.75, 3.05) is 62.9 Å². The number of carbonyl (C=O) groups is 8. The summed E-state index contributed by atoms with van der Waals surface area (Å²) in [6, 6.07) is 9.18. The molecule has 2 saturated heterocycles. The van der Waals surface area contributed by atoms with Gasteiger partial charge in [0, 0.05) is 149 Å². The van der Waals surface area contributed by atoms with Gasteiger partial charge in [-0.25, -0.2) is 9.78 Å². The lowest BCUT2D eigenvalue weighted by Crippen LogP contribution is -2.53. The standard InChI is InChI=1S/C81H107N9O18/c1-42(2)66(85-61(94)24-17-16-18-33-89-62(95)37-45(5)79(89)102)57(92)38-53(23-20-32-83-80(82)103)78(101)84-54-27-25-52(26-28-54)41-90(13,14)56-29-34-88(35-30-56)55-39-58(93)67-60(40-55)107-75-68(86-67)63-64-71(97)50(10)74-65(63)76(99)81(12,108-74)105-36-31-59(104-15)49(9)73(106-51(11)91)48(8)46(6)47(7)70(96)43(3)21-19-22-44(4)77(100)87-69(75)72(64)98/h19,21-22,25-28,31,36,39-40,42-43,45-49,53,56,59,66,70,73,96H,16-18,20,23-24,29-30,32-35,37-38,41H2,1-15H3,(H7-,82,83,84,85,86,87,93,94,97,98,99,100,101,103)/p+1/b21-19+,36-31+,44-22-/t43-,45?,46+,47-,48+,49+,53+,59-,66-,70-,73-,81-/m0/s1. The van der Waals surface area contributed by atoms with Crippen molar-refractivity contribution in [1.29, 1.82) is 0 Å². The number of aliphatic hydroxyl groups excluding tert-OH is 2. The van der Waals surface area contributed by atoms with E-state index in [0.717, 1.165) is 5.56 Å². The van der Waals surface area contributed by atoms with Crippen molar-refractivity contribution < 1.29 is 81.5 Å². The Morgan fingerprint density at radius 1 is 0.880 bits per heavy atom. The number of fused-ring (bicyclic) bond motifs is 2. The van der Waals surface area contributed by atoms with Crippen LogP contribution in [0.25, 0.3) is 38.7 Å². The number of Topliss-reactive ketones (excluding diaryl/α,β-unsaturated/α-hetero) is 1. The van der Waals surface area contributed by atoms with Gasteiger partial charge in [-0.3, -0.25) is 48.1 Å². The maximum absolute atomic E-state index is 15.3. The van der Waals surface area contributed by atoms with E-state index in [0.29, 0.717) is 80.6 Å². The molecule has 1 aromatic heterocycles. The Bertz CT molecular complexity index is 4540. The number of rotatable bonds is 23. The summed E-state index contributed by atoms with van der Waals surface area (Å²) in [4.78, 5) is 142. The van der Waals surface area contributed by atoms with E-state index in [1.54, 1.807) is 31.2 Å². The Morgan fingerprint density at radius 2 is 1.57 bits per heavy atom. The highest BCUT2D eigenvalue weighted by molar-refractivity contribution is 6.17. The Kier molecular flexibility index (Phi) is 26.4. The quantitative estimate of drug-likeness (QED) is 0.00754. The minimum atomic E-state index is -2.01. The molecule has 0 spiro atoms.